The Balaban J connectivity index is 2.04. The van der Waals surface area contributed by atoms with E-state index in [1.165, 1.54) is 12.7 Å². The number of ether oxygens (including phenoxy) is 3. The number of benzene rings is 1. The Morgan fingerprint density at radius 2 is 2.12 bits per heavy atom. The lowest BCUT2D eigenvalue weighted by molar-refractivity contribution is -0.163. The fourth-order valence-electron chi connectivity index (χ4n) is 2.58. The Kier molecular flexibility index (Phi) is 2.42. The van der Waals surface area contributed by atoms with E-state index < -0.39 is 5.79 Å². The SMILES string of the molecule is COC(=O)c1ccc2c(c1)C1(CC2)OCCO1. The first-order valence-corrected chi connectivity index (χ1v) is 5.75. The van der Waals surface area contributed by atoms with Gasteiger partial charge < -0.3 is 14.2 Å². The Hall–Kier alpha value is -1.39. The minimum Gasteiger partial charge on any atom is -0.465 e. The largest absolute Gasteiger partial charge is 0.465 e. The molecule has 0 unspecified atom stereocenters. The molecular formula is C13H14O4. The number of methoxy groups -OCH3 is 1. The zero-order valence-corrected chi connectivity index (χ0v) is 9.69. The highest BCUT2D eigenvalue weighted by molar-refractivity contribution is 5.89. The van der Waals surface area contributed by atoms with Gasteiger partial charge >= 0.3 is 5.97 Å². The van der Waals surface area contributed by atoms with Gasteiger partial charge in [-0.05, 0) is 24.1 Å². The van der Waals surface area contributed by atoms with E-state index in [0.717, 1.165) is 18.4 Å². The molecule has 0 radical (unpaired) electrons. The third-order valence-corrected chi connectivity index (χ3v) is 3.42. The van der Waals surface area contributed by atoms with E-state index in [0.29, 0.717) is 18.8 Å². The standard InChI is InChI=1S/C13H14O4/c1-15-12(14)10-3-2-9-4-5-13(11(9)8-10)16-6-7-17-13/h2-3,8H,4-7H2,1H3. The van der Waals surface area contributed by atoms with Crippen LogP contribution in [0.25, 0.3) is 0 Å². The van der Waals surface area contributed by atoms with Gasteiger partial charge in [0.1, 0.15) is 0 Å². The molecule has 1 aromatic rings. The summed E-state index contributed by atoms with van der Waals surface area (Å²) in [6.45, 7) is 1.23. The number of carbonyl (C=O) groups excluding carboxylic acids is 1. The Bertz CT molecular complexity index is 460. The Morgan fingerprint density at radius 1 is 1.35 bits per heavy atom. The van der Waals surface area contributed by atoms with Gasteiger partial charge in [-0.1, -0.05) is 6.07 Å². The fraction of sp³-hybridized carbons (Fsp3) is 0.462. The summed E-state index contributed by atoms with van der Waals surface area (Å²) < 4.78 is 16.2. The van der Waals surface area contributed by atoms with Crippen LogP contribution in [0, 0.1) is 0 Å². The van der Waals surface area contributed by atoms with Gasteiger partial charge in [-0.25, -0.2) is 4.79 Å². The molecule has 2 aliphatic rings. The van der Waals surface area contributed by atoms with Crippen molar-refractivity contribution >= 4 is 5.97 Å². The fourth-order valence-corrected chi connectivity index (χ4v) is 2.58. The van der Waals surface area contributed by atoms with E-state index in [4.69, 9.17) is 14.2 Å². The highest BCUT2D eigenvalue weighted by Gasteiger charge is 2.44. The molecule has 4 heteroatoms. The molecule has 1 aliphatic heterocycles. The maximum absolute atomic E-state index is 11.5. The first-order chi connectivity index (χ1) is 8.25. The monoisotopic (exact) mass is 234 g/mol. The summed E-state index contributed by atoms with van der Waals surface area (Å²) in [7, 11) is 1.38. The molecule has 1 aliphatic carbocycles. The van der Waals surface area contributed by atoms with Crippen molar-refractivity contribution in [3.8, 4) is 0 Å². The topological polar surface area (TPSA) is 44.8 Å². The normalized spacial score (nSPS) is 20.5. The molecular weight excluding hydrogens is 220 g/mol. The minimum atomic E-state index is -0.612. The number of hydrogen-bond acceptors (Lipinski definition) is 4. The van der Waals surface area contributed by atoms with Crippen LogP contribution in [0.1, 0.15) is 27.9 Å². The van der Waals surface area contributed by atoms with Crippen LogP contribution in [0.15, 0.2) is 18.2 Å². The van der Waals surface area contributed by atoms with E-state index in [-0.39, 0.29) is 5.97 Å². The molecule has 0 N–H and O–H groups in total. The second-order valence-corrected chi connectivity index (χ2v) is 4.31. The number of hydrogen-bond donors (Lipinski definition) is 0. The highest BCUT2D eigenvalue weighted by atomic mass is 16.7. The van der Waals surface area contributed by atoms with Crippen LogP contribution < -0.4 is 0 Å². The predicted molar refractivity (Wildman–Crippen MR) is 59.7 cm³/mol. The van der Waals surface area contributed by atoms with Gasteiger partial charge in [0.25, 0.3) is 0 Å². The molecule has 0 saturated carbocycles. The van der Waals surface area contributed by atoms with Gasteiger partial charge in [-0.3, -0.25) is 0 Å². The summed E-state index contributed by atoms with van der Waals surface area (Å²) in [5.41, 5.74) is 2.73. The lowest BCUT2D eigenvalue weighted by Gasteiger charge is -2.23. The summed E-state index contributed by atoms with van der Waals surface area (Å²) in [6.07, 6.45) is 1.75. The number of carbonyl (C=O) groups is 1. The van der Waals surface area contributed by atoms with Crippen molar-refractivity contribution in [1.82, 2.24) is 0 Å². The molecule has 1 aromatic carbocycles. The summed E-state index contributed by atoms with van der Waals surface area (Å²) in [5.74, 6) is -0.938. The molecule has 4 nitrogen and oxygen atoms in total. The van der Waals surface area contributed by atoms with Crippen LogP contribution in [0.5, 0.6) is 0 Å². The molecule has 0 bridgehead atoms. The van der Waals surface area contributed by atoms with Gasteiger partial charge in [0.2, 0.25) is 0 Å². The first-order valence-electron chi connectivity index (χ1n) is 5.75. The zero-order valence-electron chi connectivity index (χ0n) is 9.69. The minimum absolute atomic E-state index is 0.326. The van der Waals surface area contributed by atoms with Crippen LogP contribution in [0.2, 0.25) is 0 Å². The van der Waals surface area contributed by atoms with Crippen molar-refractivity contribution in [2.75, 3.05) is 20.3 Å². The van der Waals surface area contributed by atoms with Crippen molar-refractivity contribution in [2.45, 2.75) is 18.6 Å². The van der Waals surface area contributed by atoms with Crippen LogP contribution in [0.4, 0.5) is 0 Å². The maximum atomic E-state index is 11.5. The van der Waals surface area contributed by atoms with Crippen LogP contribution in [0.3, 0.4) is 0 Å². The second kappa shape index (κ2) is 3.82. The highest BCUT2D eigenvalue weighted by Crippen LogP contribution is 2.43. The van der Waals surface area contributed by atoms with Gasteiger partial charge in [-0.15, -0.1) is 0 Å². The Labute approximate surface area is 99.5 Å². The first kappa shape index (κ1) is 10.7. The van der Waals surface area contributed by atoms with E-state index >= 15 is 0 Å². The maximum Gasteiger partial charge on any atom is 0.337 e. The van der Waals surface area contributed by atoms with Gasteiger partial charge in [0, 0.05) is 12.0 Å². The summed E-state index contributed by atoms with van der Waals surface area (Å²) in [5, 5.41) is 0. The van der Waals surface area contributed by atoms with Crippen LogP contribution in [-0.4, -0.2) is 26.3 Å². The number of rotatable bonds is 1. The van der Waals surface area contributed by atoms with E-state index in [9.17, 15) is 4.79 Å². The Morgan fingerprint density at radius 3 is 2.82 bits per heavy atom. The quantitative estimate of drug-likeness (QED) is 0.693. The lowest BCUT2D eigenvalue weighted by Crippen LogP contribution is -2.23. The van der Waals surface area contributed by atoms with Crippen molar-refractivity contribution in [1.29, 1.82) is 0 Å². The average molecular weight is 234 g/mol. The molecule has 1 saturated heterocycles. The van der Waals surface area contributed by atoms with Gasteiger partial charge in [-0.2, -0.15) is 0 Å². The van der Waals surface area contributed by atoms with E-state index in [1.54, 1.807) is 6.07 Å². The smallest absolute Gasteiger partial charge is 0.337 e. The molecule has 90 valence electrons. The summed E-state index contributed by atoms with van der Waals surface area (Å²) in [4.78, 5) is 11.5. The number of fused-ring (bicyclic) bond motifs is 2. The molecule has 0 aromatic heterocycles. The van der Waals surface area contributed by atoms with Crippen LogP contribution >= 0.6 is 0 Å². The van der Waals surface area contributed by atoms with Crippen LogP contribution in [-0.2, 0) is 26.4 Å². The summed E-state index contributed by atoms with van der Waals surface area (Å²) in [6, 6.07) is 5.58. The van der Waals surface area contributed by atoms with E-state index in [1.807, 2.05) is 12.1 Å². The molecule has 1 spiro atoms. The van der Waals surface area contributed by atoms with Crippen molar-refractivity contribution in [3.05, 3.63) is 34.9 Å². The third-order valence-electron chi connectivity index (χ3n) is 3.42. The number of aryl methyl sites for hydroxylation is 1. The van der Waals surface area contributed by atoms with Gasteiger partial charge in [0.15, 0.2) is 5.79 Å². The number of esters is 1. The second-order valence-electron chi connectivity index (χ2n) is 4.31. The molecule has 1 heterocycles. The lowest BCUT2D eigenvalue weighted by atomic mass is 10.0. The zero-order chi connectivity index (χ0) is 11.9. The third kappa shape index (κ3) is 1.56. The van der Waals surface area contributed by atoms with Gasteiger partial charge in [0.05, 0.1) is 25.9 Å². The summed E-state index contributed by atoms with van der Waals surface area (Å²) >= 11 is 0. The van der Waals surface area contributed by atoms with Crippen molar-refractivity contribution < 1.29 is 19.0 Å². The molecule has 1 fully saturated rings. The van der Waals surface area contributed by atoms with Crippen molar-refractivity contribution in [3.63, 3.8) is 0 Å². The van der Waals surface area contributed by atoms with E-state index in [2.05, 4.69) is 0 Å². The molecule has 0 atom stereocenters. The predicted octanol–water partition coefficient (Wildman–Crippen LogP) is 1.62. The van der Waals surface area contributed by atoms with Crippen molar-refractivity contribution in [2.24, 2.45) is 0 Å². The molecule has 0 amide bonds. The molecule has 17 heavy (non-hydrogen) atoms. The molecule has 3 rings (SSSR count). The average Bonchev–Trinajstić information content (AvgIpc) is 2.98.